The summed E-state index contributed by atoms with van der Waals surface area (Å²) in [6.45, 7) is 3.79. The lowest BCUT2D eigenvalue weighted by Crippen LogP contribution is -2.31. The first-order chi connectivity index (χ1) is 8.14. The SMILES string of the molecule is C=CC[C@H]1CC[C@](O)(c2ccc(Br)cc2)CC1. The van der Waals surface area contributed by atoms with Crippen molar-refractivity contribution in [1.82, 2.24) is 0 Å². The van der Waals surface area contributed by atoms with Gasteiger partial charge in [-0.05, 0) is 55.7 Å². The van der Waals surface area contributed by atoms with Crippen molar-refractivity contribution < 1.29 is 5.11 Å². The standard InChI is InChI=1S/C15H19BrO/c1-2-3-12-8-10-15(17,11-9-12)13-4-6-14(16)7-5-13/h2,4-7,12,17H,1,3,8-11H2/t12-,15+. The van der Waals surface area contributed by atoms with Gasteiger partial charge in [0.05, 0.1) is 5.60 Å². The van der Waals surface area contributed by atoms with Gasteiger partial charge in [0.25, 0.3) is 0 Å². The number of aliphatic hydroxyl groups is 1. The monoisotopic (exact) mass is 294 g/mol. The maximum atomic E-state index is 10.7. The molecule has 0 heterocycles. The summed E-state index contributed by atoms with van der Waals surface area (Å²) < 4.78 is 1.06. The van der Waals surface area contributed by atoms with Crippen molar-refractivity contribution in [2.75, 3.05) is 0 Å². The van der Waals surface area contributed by atoms with Crippen LogP contribution in [0.15, 0.2) is 41.4 Å². The van der Waals surface area contributed by atoms with E-state index >= 15 is 0 Å². The molecule has 1 saturated carbocycles. The Morgan fingerprint density at radius 1 is 1.29 bits per heavy atom. The molecule has 2 heteroatoms. The molecule has 92 valence electrons. The zero-order chi connectivity index (χ0) is 12.3. The minimum Gasteiger partial charge on any atom is -0.385 e. The third-order valence-electron chi connectivity index (χ3n) is 3.81. The van der Waals surface area contributed by atoms with E-state index < -0.39 is 5.60 Å². The van der Waals surface area contributed by atoms with E-state index in [1.807, 2.05) is 30.3 Å². The minimum atomic E-state index is -0.613. The maximum Gasteiger partial charge on any atom is 0.0896 e. The van der Waals surface area contributed by atoms with E-state index in [-0.39, 0.29) is 0 Å². The predicted molar refractivity (Wildman–Crippen MR) is 74.8 cm³/mol. The average Bonchev–Trinajstić information content (AvgIpc) is 2.33. The zero-order valence-electron chi connectivity index (χ0n) is 10.0. The van der Waals surface area contributed by atoms with E-state index in [4.69, 9.17) is 0 Å². The summed E-state index contributed by atoms with van der Waals surface area (Å²) >= 11 is 3.42. The van der Waals surface area contributed by atoms with Crippen LogP contribution in [0.4, 0.5) is 0 Å². The molecule has 0 radical (unpaired) electrons. The van der Waals surface area contributed by atoms with Crippen LogP contribution >= 0.6 is 15.9 Å². The second-order valence-corrected chi connectivity index (χ2v) is 5.92. The highest BCUT2D eigenvalue weighted by Gasteiger charge is 2.34. The van der Waals surface area contributed by atoms with Crippen molar-refractivity contribution in [2.24, 2.45) is 5.92 Å². The topological polar surface area (TPSA) is 20.2 Å². The smallest absolute Gasteiger partial charge is 0.0896 e. The van der Waals surface area contributed by atoms with Crippen LogP contribution in [0.3, 0.4) is 0 Å². The first kappa shape index (κ1) is 12.8. The number of rotatable bonds is 3. The lowest BCUT2D eigenvalue weighted by molar-refractivity contribution is -0.0138. The summed E-state index contributed by atoms with van der Waals surface area (Å²) in [7, 11) is 0. The molecule has 0 amide bonds. The van der Waals surface area contributed by atoms with Gasteiger partial charge in [-0.2, -0.15) is 0 Å². The molecule has 2 rings (SSSR count). The van der Waals surface area contributed by atoms with Gasteiger partial charge in [0.15, 0.2) is 0 Å². The van der Waals surface area contributed by atoms with Gasteiger partial charge in [0, 0.05) is 4.47 Å². The van der Waals surface area contributed by atoms with E-state index in [0.717, 1.165) is 42.1 Å². The number of hydrogen-bond donors (Lipinski definition) is 1. The predicted octanol–water partition coefficient (Wildman–Crippen LogP) is 4.40. The molecule has 0 atom stereocenters. The highest BCUT2D eigenvalue weighted by molar-refractivity contribution is 9.10. The van der Waals surface area contributed by atoms with Gasteiger partial charge in [-0.15, -0.1) is 6.58 Å². The Bertz CT molecular complexity index is 374. The van der Waals surface area contributed by atoms with E-state index in [9.17, 15) is 5.11 Å². The number of benzene rings is 1. The van der Waals surface area contributed by atoms with Crippen LogP contribution in [0.2, 0.25) is 0 Å². The second kappa shape index (κ2) is 5.36. The third-order valence-corrected chi connectivity index (χ3v) is 4.34. The molecule has 0 aliphatic heterocycles. The first-order valence-electron chi connectivity index (χ1n) is 6.23. The fourth-order valence-electron chi connectivity index (χ4n) is 2.68. The first-order valence-corrected chi connectivity index (χ1v) is 7.03. The van der Waals surface area contributed by atoms with E-state index in [2.05, 4.69) is 22.5 Å². The summed E-state index contributed by atoms with van der Waals surface area (Å²) in [5, 5.41) is 10.7. The van der Waals surface area contributed by atoms with Crippen LogP contribution < -0.4 is 0 Å². The van der Waals surface area contributed by atoms with Gasteiger partial charge in [0.1, 0.15) is 0 Å². The summed E-state index contributed by atoms with van der Waals surface area (Å²) in [6.07, 6.45) is 7.00. The van der Waals surface area contributed by atoms with Gasteiger partial charge in [-0.1, -0.05) is 34.1 Å². The molecule has 1 aromatic rings. The van der Waals surface area contributed by atoms with Crippen LogP contribution in [-0.2, 0) is 5.60 Å². The van der Waals surface area contributed by atoms with Gasteiger partial charge < -0.3 is 5.11 Å². The Morgan fingerprint density at radius 2 is 1.88 bits per heavy atom. The third kappa shape index (κ3) is 2.99. The molecule has 1 aliphatic carbocycles. The molecule has 1 aliphatic rings. The van der Waals surface area contributed by atoms with Crippen LogP contribution in [-0.4, -0.2) is 5.11 Å². The van der Waals surface area contributed by atoms with E-state index in [1.165, 1.54) is 0 Å². The molecular formula is C15H19BrO. The normalized spacial score (nSPS) is 28.9. The molecule has 1 fully saturated rings. The fraction of sp³-hybridized carbons (Fsp3) is 0.467. The van der Waals surface area contributed by atoms with Crippen LogP contribution in [0, 0.1) is 5.92 Å². The van der Waals surface area contributed by atoms with Crippen molar-refractivity contribution in [1.29, 1.82) is 0 Å². The lowest BCUT2D eigenvalue weighted by Gasteiger charge is -2.36. The van der Waals surface area contributed by atoms with Crippen LogP contribution in [0.25, 0.3) is 0 Å². The summed E-state index contributed by atoms with van der Waals surface area (Å²) in [4.78, 5) is 0. The highest BCUT2D eigenvalue weighted by atomic mass is 79.9. The lowest BCUT2D eigenvalue weighted by atomic mass is 9.74. The van der Waals surface area contributed by atoms with E-state index in [0.29, 0.717) is 5.92 Å². The van der Waals surface area contributed by atoms with Gasteiger partial charge in [-0.3, -0.25) is 0 Å². The molecule has 1 nitrogen and oxygen atoms in total. The second-order valence-electron chi connectivity index (χ2n) is 5.01. The Labute approximate surface area is 112 Å². The average molecular weight is 295 g/mol. The zero-order valence-corrected chi connectivity index (χ0v) is 11.6. The molecule has 1 aromatic carbocycles. The molecule has 0 aromatic heterocycles. The summed E-state index contributed by atoms with van der Waals surface area (Å²) in [5.41, 5.74) is 0.441. The van der Waals surface area contributed by atoms with Crippen molar-refractivity contribution in [3.63, 3.8) is 0 Å². The Balaban J connectivity index is 2.06. The molecule has 1 N–H and O–H groups in total. The molecule has 0 bridgehead atoms. The fourth-order valence-corrected chi connectivity index (χ4v) is 2.94. The molecule has 0 spiro atoms. The molecule has 0 saturated heterocycles. The number of hydrogen-bond acceptors (Lipinski definition) is 1. The summed E-state index contributed by atoms with van der Waals surface area (Å²) in [6, 6.07) is 8.06. The molecule has 17 heavy (non-hydrogen) atoms. The Morgan fingerprint density at radius 3 is 2.41 bits per heavy atom. The van der Waals surface area contributed by atoms with E-state index in [1.54, 1.807) is 0 Å². The van der Waals surface area contributed by atoms with Crippen molar-refractivity contribution in [2.45, 2.75) is 37.7 Å². The summed E-state index contributed by atoms with van der Waals surface area (Å²) in [5.74, 6) is 0.711. The number of halogens is 1. The van der Waals surface area contributed by atoms with Crippen molar-refractivity contribution in [3.8, 4) is 0 Å². The van der Waals surface area contributed by atoms with Crippen LogP contribution in [0.5, 0.6) is 0 Å². The van der Waals surface area contributed by atoms with Gasteiger partial charge >= 0.3 is 0 Å². The maximum absolute atomic E-state index is 10.7. The van der Waals surface area contributed by atoms with Gasteiger partial charge in [-0.25, -0.2) is 0 Å². The van der Waals surface area contributed by atoms with Gasteiger partial charge in [0.2, 0.25) is 0 Å². The highest BCUT2D eigenvalue weighted by Crippen LogP contribution is 2.40. The van der Waals surface area contributed by atoms with Crippen LogP contribution in [0.1, 0.15) is 37.7 Å². The van der Waals surface area contributed by atoms with Crippen molar-refractivity contribution >= 4 is 15.9 Å². The largest absolute Gasteiger partial charge is 0.385 e. The Hall–Kier alpha value is -0.600. The van der Waals surface area contributed by atoms with Crippen molar-refractivity contribution in [3.05, 3.63) is 47.0 Å². The quantitative estimate of drug-likeness (QED) is 0.819. The molecular weight excluding hydrogens is 276 g/mol. The number of allylic oxidation sites excluding steroid dienone is 1. The minimum absolute atomic E-state index is 0.613. The molecule has 0 unspecified atom stereocenters. The Kier molecular flexibility index (Phi) is 4.05.